The highest BCUT2D eigenvalue weighted by molar-refractivity contribution is 5.96. The zero-order valence-corrected chi connectivity index (χ0v) is 14.0. The van der Waals surface area contributed by atoms with E-state index in [0.29, 0.717) is 12.8 Å². The van der Waals surface area contributed by atoms with Crippen molar-refractivity contribution in [3.05, 3.63) is 65.5 Å². The van der Waals surface area contributed by atoms with Crippen LogP contribution in [0, 0.1) is 0 Å². The fourth-order valence-corrected chi connectivity index (χ4v) is 2.73. The summed E-state index contributed by atoms with van der Waals surface area (Å²) in [5, 5.41) is 0. The molecule has 0 aliphatic carbocycles. The van der Waals surface area contributed by atoms with Crippen LogP contribution in [0.2, 0.25) is 0 Å². The molecule has 3 nitrogen and oxygen atoms in total. The number of pyridine rings is 1. The summed E-state index contributed by atoms with van der Waals surface area (Å²) in [5.74, 6) is 0.647. The molecule has 1 heterocycles. The maximum Gasteiger partial charge on any atom is 0.163 e. The van der Waals surface area contributed by atoms with Crippen molar-refractivity contribution in [1.29, 1.82) is 0 Å². The molecule has 0 saturated carbocycles. The van der Waals surface area contributed by atoms with Crippen molar-refractivity contribution in [3.8, 4) is 0 Å². The quantitative estimate of drug-likeness (QED) is 0.705. The number of carbonyl (C=O) groups excluding carboxylic acids is 2. The second-order valence-corrected chi connectivity index (χ2v) is 6.24. The van der Waals surface area contributed by atoms with Gasteiger partial charge in [0.2, 0.25) is 0 Å². The van der Waals surface area contributed by atoms with Gasteiger partial charge in [-0.3, -0.25) is 9.78 Å². The molecule has 0 saturated heterocycles. The van der Waals surface area contributed by atoms with Gasteiger partial charge in [-0.2, -0.15) is 0 Å². The molecular formula is C20H23NO2. The molecule has 3 heteroatoms. The molecule has 23 heavy (non-hydrogen) atoms. The fourth-order valence-electron chi connectivity index (χ4n) is 2.73. The van der Waals surface area contributed by atoms with Crippen LogP contribution >= 0.6 is 0 Å². The third-order valence-corrected chi connectivity index (χ3v) is 4.14. The molecule has 0 spiro atoms. The van der Waals surface area contributed by atoms with Crippen LogP contribution in [0.5, 0.6) is 0 Å². The molecule has 0 aliphatic heterocycles. The molecule has 0 N–H and O–H groups in total. The SMILES string of the molecule is CC(=O)CC(C)c1ccc(C(=O)CC(C)c2cccnc2)cc1. The van der Waals surface area contributed by atoms with Gasteiger partial charge in [-0.15, -0.1) is 0 Å². The van der Waals surface area contributed by atoms with Crippen LogP contribution in [0.1, 0.15) is 66.9 Å². The Morgan fingerprint density at radius 1 is 0.957 bits per heavy atom. The second-order valence-electron chi connectivity index (χ2n) is 6.24. The Morgan fingerprint density at radius 3 is 2.17 bits per heavy atom. The van der Waals surface area contributed by atoms with E-state index in [1.807, 2.05) is 56.4 Å². The lowest BCUT2D eigenvalue weighted by molar-refractivity contribution is -0.117. The van der Waals surface area contributed by atoms with Gasteiger partial charge in [0, 0.05) is 30.8 Å². The molecule has 1 aromatic heterocycles. The average molecular weight is 309 g/mol. The lowest BCUT2D eigenvalue weighted by atomic mass is 9.92. The van der Waals surface area contributed by atoms with Gasteiger partial charge in [-0.1, -0.05) is 44.2 Å². The fraction of sp³-hybridized carbons (Fsp3) is 0.350. The molecule has 2 aromatic rings. The topological polar surface area (TPSA) is 47.0 Å². The Kier molecular flexibility index (Phi) is 5.80. The summed E-state index contributed by atoms with van der Waals surface area (Å²) in [5.41, 5.74) is 2.89. The predicted molar refractivity (Wildman–Crippen MR) is 91.8 cm³/mol. The zero-order chi connectivity index (χ0) is 16.8. The van der Waals surface area contributed by atoms with Gasteiger partial charge < -0.3 is 4.79 Å². The molecule has 0 amide bonds. The lowest BCUT2D eigenvalue weighted by Crippen LogP contribution is -2.06. The minimum absolute atomic E-state index is 0.132. The Labute approximate surface area is 137 Å². The normalized spacial score (nSPS) is 13.3. The van der Waals surface area contributed by atoms with Crippen molar-refractivity contribution < 1.29 is 9.59 Å². The third-order valence-electron chi connectivity index (χ3n) is 4.14. The summed E-state index contributed by atoms with van der Waals surface area (Å²) in [6.07, 6.45) is 4.54. The predicted octanol–water partition coefficient (Wildman–Crippen LogP) is 4.54. The van der Waals surface area contributed by atoms with Crippen molar-refractivity contribution in [2.45, 2.75) is 45.4 Å². The Balaban J connectivity index is 2.01. The van der Waals surface area contributed by atoms with Gasteiger partial charge in [-0.05, 0) is 36.0 Å². The maximum atomic E-state index is 12.4. The van der Waals surface area contributed by atoms with Crippen molar-refractivity contribution in [3.63, 3.8) is 0 Å². The van der Waals surface area contributed by atoms with Gasteiger partial charge in [0.05, 0.1) is 0 Å². The first kappa shape index (κ1) is 17.1. The Morgan fingerprint density at radius 2 is 1.61 bits per heavy atom. The van der Waals surface area contributed by atoms with E-state index in [4.69, 9.17) is 0 Å². The number of aromatic nitrogens is 1. The molecule has 0 radical (unpaired) electrons. The molecule has 0 aliphatic rings. The van der Waals surface area contributed by atoms with E-state index in [1.54, 1.807) is 13.1 Å². The zero-order valence-electron chi connectivity index (χ0n) is 14.0. The number of ketones is 2. The molecule has 2 rings (SSSR count). The second kappa shape index (κ2) is 7.82. The van der Waals surface area contributed by atoms with Crippen LogP contribution in [-0.4, -0.2) is 16.6 Å². The first-order chi connectivity index (χ1) is 11.0. The van der Waals surface area contributed by atoms with Gasteiger partial charge in [0.25, 0.3) is 0 Å². The maximum absolute atomic E-state index is 12.4. The minimum atomic E-state index is 0.132. The first-order valence-electron chi connectivity index (χ1n) is 8.00. The summed E-state index contributed by atoms with van der Waals surface area (Å²) in [4.78, 5) is 27.7. The first-order valence-corrected chi connectivity index (χ1v) is 8.00. The number of benzene rings is 1. The molecule has 0 fully saturated rings. The minimum Gasteiger partial charge on any atom is -0.300 e. The number of nitrogens with zero attached hydrogens (tertiary/aromatic N) is 1. The number of rotatable bonds is 7. The number of hydrogen-bond acceptors (Lipinski definition) is 3. The van der Waals surface area contributed by atoms with E-state index >= 15 is 0 Å². The van der Waals surface area contributed by atoms with E-state index in [0.717, 1.165) is 16.7 Å². The standard InChI is InChI=1S/C20H23NO2/c1-14(11-16(3)22)17-6-8-18(9-7-17)20(23)12-15(2)19-5-4-10-21-13-19/h4-10,13-15H,11-12H2,1-3H3. The van der Waals surface area contributed by atoms with E-state index < -0.39 is 0 Å². The summed E-state index contributed by atoms with van der Waals surface area (Å²) >= 11 is 0. The lowest BCUT2D eigenvalue weighted by Gasteiger charge is -2.12. The van der Waals surface area contributed by atoms with Gasteiger partial charge in [0.15, 0.2) is 5.78 Å². The van der Waals surface area contributed by atoms with E-state index in [2.05, 4.69) is 4.98 Å². The largest absolute Gasteiger partial charge is 0.300 e. The van der Waals surface area contributed by atoms with Crippen molar-refractivity contribution in [2.75, 3.05) is 0 Å². The molecule has 2 unspecified atom stereocenters. The van der Waals surface area contributed by atoms with Gasteiger partial charge in [-0.25, -0.2) is 0 Å². The Bertz CT molecular complexity index is 662. The van der Waals surface area contributed by atoms with E-state index in [1.165, 1.54) is 0 Å². The smallest absolute Gasteiger partial charge is 0.163 e. The highest BCUT2D eigenvalue weighted by Crippen LogP contribution is 2.23. The number of hydrogen-bond donors (Lipinski definition) is 0. The highest BCUT2D eigenvalue weighted by Gasteiger charge is 2.14. The van der Waals surface area contributed by atoms with Crippen LogP contribution in [-0.2, 0) is 4.79 Å². The van der Waals surface area contributed by atoms with Crippen LogP contribution in [0.15, 0.2) is 48.8 Å². The molecule has 2 atom stereocenters. The van der Waals surface area contributed by atoms with Gasteiger partial charge in [0.1, 0.15) is 5.78 Å². The van der Waals surface area contributed by atoms with Crippen molar-refractivity contribution >= 4 is 11.6 Å². The summed E-state index contributed by atoms with van der Waals surface area (Å²) in [6.45, 7) is 5.68. The summed E-state index contributed by atoms with van der Waals surface area (Å²) < 4.78 is 0. The van der Waals surface area contributed by atoms with Crippen LogP contribution < -0.4 is 0 Å². The van der Waals surface area contributed by atoms with Crippen LogP contribution in [0.4, 0.5) is 0 Å². The third kappa shape index (κ3) is 4.85. The molecule has 120 valence electrons. The van der Waals surface area contributed by atoms with Crippen LogP contribution in [0.3, 0.4) is 0 Å². The van der Waals surface area contributed by atoms with Crippen molar-refractivity contribution in [2.24, 2.45) is 0 Å². The highest BCUT2D eigenvalue weighted by atomic mass is 16.1. The molecule has 0 bridgehead atoms. The average Bonchev–Trinajstić information content (AvgIpc) is 2.55. The molecule has 1 aromatic carbocycles. The molecular weight excluding hydrogens is 286 g/mol. The Hall–Kier alpha value is -2.29. The van der Waals surface area contributed by atoms with Crippen LogP contribution in [0.25, 0.3) is 0 Å². The van der Waals surface area contributed by atoms with E-state index in [9.17, 15) is 9.59 Å². The summed E-state index contributed by atoms with van der Waals surface area (Å²) in [6, 6.07) is 11.5. The summed E-state index contributed by atoms with van der Waals surface area (Å²) in [7, 11) is 0. The number of carbonyl (C=O) groups is 2. The van der Waals surface area contributed by atoms with Crippen molar-refractivity contribution in [1.82, 2.24) is 4.98 Å². The monoisotopic (exact) mass is 309 g/mol. The number of Topliss-reactive ketones (excluding diaryl/α,β-unsaturated/α-hetero) is 2. The van der Waals surface area contributed by atoms with E-state index in [-0.39, 0.29) is 23.4 Å². The van der Waals surface area contributed by atoms with Gasteiger partial charge >= 0.3 is 0 Å².